The maximum absolute atomic E-state index is 13.2. The van der Waals surface area contributed by atoms with E-state index in [0.29, 0.717) is 31.1 Å². The van der Waals surface area contributed by atoms with Gasteiger partial charge >= 0.3 is 6.18 Å². The third-order valence-electron chi connectivity index (χ3n) is 4.95. The number of hydrogen-bond donors (Lipinski definition) is 0. The van der Waals surface area contributed by atoms with Gasteiger partial charge in [-0.05, 0) is 45.0 Å². The van der Waals surface area contributed by atoms with Gasteiger partial charge in [-0.1, -0.05) is 6.07 Å². The highest BCUT2D eigenvalue weighted by molar-refractivity contribution is 5.76. The van der Waals surface area contributed by atoms with E-state index in [4.69, 9.17) is 9.47 Å². The summed E-state index contributed by atoms with van der Waals surface area (Å²) in [5.41, 5.74) is 0.873. The van der Waals surface area contributed by atoms with Gasteiger partial charge in [-0.15, -0.1) is 0 Å². The molecule has 5 nitrogen and oxygen atoms in total. The Morgan fingerprint density at radius 3 is 2.56 bits per heavy atom. The average molecular weight is 388 g/mol. The number of alkyl halides is 3. The van der Waals surface area contributed by atoms with Crippen LogP contribution in [-0.2, 0) is 11.2 Å². The predicted molar refractivity (Wildman–Crippen MR) is 96.1 cm³/mol. The number of aryl methyl sites for hydroxylation is 1. The SMILES string of the molecule is CCOc1ccc(CCC(=O)N2CC(C)N(C)C(C(F)(F)F)C2)cc1OC. The van der Waals surface area contributed by atoms with Gasteiger partial charge in [0, 0.05) is 25.6 Å². The second kappa shape index (κ2) is 8.82. The number of nitrogens with zero attached hydrogens (tertiary/aromatic N) is 2. The van der Waals surface area contributed by atoms with E-state index in [-0.39, 0.29) is 24.9 Å². The van der Waals surface area contributed by atoms with Gasteiger partial charge in [0.1, 0.15) is 6.04 Å². The number of carbonyl (C=O) groups excluding carboxylic acids is 1. The first-order valence-electron chi connectivity index (χ1n) is 9.03. The highest BCUT2D eigenvalue weighted by Gasteiger charge is 2.47. The molecule has 2 rings (SSSR count). The molecular formula is C19H27F3N2O3. The molecule has 0 aromatic heterocycles. The van der Waals surface area contributed by atoms with Crippen LogP contribution < -0.4 is 9.47 Å². The predicted octanol–water partition coefficient (Wildman–Crippen LogP) is 3.12. The summed E-state index contributed by atoms with van der Waals surface area (Å²) in [4.78, 5) is 15.1. The van der Waals surface area contributed by atoms with Crippen LogP contribution in [0.5, 0.6) is 11.5 Å². The monoisotopic (exact) mass is 388 g/mol. The number of piperazine rings is 1. The molecule has 0 aliphatic carbocycles. The van der Waals surface area contributed by atoms with Crippen molar-refractivity contribution in [1.82, 2.24) is 9.80 Å². The van der Waals surface area contributed by atoms with E-state index < -0.39 is 12.2 Å². The Hall–Kier alpha value is -1.96. The quantitative estimate of drug-likeness (QED) is 0.751. The smallest absolute Gasteiger partial charge is 0.405 e. The zero-order valence-electron chi connectivity index (χ0n) is 16.2. The van der Waals surface area contributed by atoms with E-state index >= 15 is 0 Å². The number of methoxy groups -OCH3 is 1. The van der Waals surface area contributed by atoms with Crippen LogP contribution in [0.1, 0.15) is 25.8 Å². The molecule has 152 valence electrons. The molecule has 0 spiro atoms. The molecule has 8 heteroatoms. The number of amides is 1. The molecule has 0 saturated carbocycles. The number of carbonyl (C=O) groups is 1. The number of likely N-dealkylation sites (N-methyl/N-ethyl adjacent to an activating group) is 1. The van der Waals surface area contributed by atoms with Crippen molar-refractivity contribution in [3.63, 3.8) is 0 Å². The fraction of sp³-hybridized carbons (Fsp3) is 0.632. The maximum Gasteiger partial charge on any atom is 0.405 e. The molecule has 1 aromatic rings. The second-order valence-electron chi connectivity index (χ2n) is 6.79. The zero-order chi connectivity index (χ0) is 20.2. The van der Waals surface area contributed by atoms with Crippen molar-refractivity contribution < 1.29 is 27.4 Å². The Bertz CT molecular complexity index is 652. The Labute approximate surface area is 158 Å². The lowest BCUT2D eigenvalue weighted by molar-refractivity contribution is -0.201. The summed E-state index contributed by atoms with van der Waals surface area (Å²) in [6, 6.07) is 3.44. The number of halogens is 3. The molecule has 1 saturated heterocycles. The normalized spacial score (nSPS) is 21.2. The molecule has 0 bridgehead atoms. The standard InChI is InChI=1S/C19H27F3N2O3/c1-5-27-15-8-6-14(10-16(15)26-4)7-9-18(25)24-11-13(2)23(3)17(12-24)19(20,21)22/h6,8,10,13,17H,5,7,9,11-12H2,1-4H3. The molecule has 1 aliphatic heterocycles. The van der Waals surface area contributed by atoms with E-state index in [9.17, 15) is 18.0 Å². The molecule has 1 aromatic carbocycles. The fourth-order valence-electron chi connectivity index (χ4n) is 3.26. The largest absolute Gasteiger partial charge is 0.493 e. The Morgan fingerprint density at radius 2 is 1.96 bits per heavy atom. The van der Waals surface area contributed by atoms with E-state index in [1.165, 1.54) is 24.0 Å². The minimum absolute atomic E-state index is 0.151. The summed E-state index contributed by atoms with van der Waals surface area (Å²) < 4.78 is 50.4. The third-order valence-corrected chi connectivity index (χ3v) is 4.95. The number of rotatable bonds is 6. The van der Waals surface area contributed by atoms with Gasteiger partial charge in [0.05, 0.1) is 13.7 Å². The molecule has 1 amide bonds. The van der Waals surface area contributed by atoms with Gasteiger partial charge < -0.3 is 14.4 Å². The maximum atomic E-state index is 13.2. The molecule has 2 atom stereocenters. The fourth-order valence-corrected chi connectivity index (χ4v) is 3.26. The van der Waals surface area contributed by atoms with E-state index in [2.05, 4.69) is 0 Å². The Balaban J connectivity index is 2.01. The summed E-state index contributed by atoms with van der Waals surface area (Å²) in [5.74, 6) is 0.931. The van der Waals surface area contributed by atoms with Crippen LogP contribution in [0.3, 0.4) is 0 Å². The van der Waals surface area contributed by atoms with E-state index in [0.717, 1.165) is 5.56 Å². The third kappa shape index (κ3) is 5.28. The van der Waals surface area contributed by atoms with Crippen molar-refractivity contribution in [2.75, 3.05) is 33.9 Å². The number of hydrogen-bond acceptors (Lipinski definition) is 4. The van der Waals surface area contributed by atoms with Crippen molar-refractivity contribution >= 4 is 5.91 Å². The lowest BCUT2D eigenvalue weighted by Crippen LogP contribution is -2.62. The first-order valence-corrected chi connectivity index (χ1v) is 9.03. The molecule has 1 fully saturated rings. The van der Waals surface area contributed by atoms with E-state index in [1.807, 2.05) is 13.0 Å². The summed E-state index contributed by atoms with van der Waals surface area (Å²) in [5, 5.41) is 0. The van der Waals surface area contributed by atoms with Crippen LogP contribution >= 0.6 is 0 Å². The van der Waals surface area contributed by atoms with Gasteiger partial charge in [0.25, 0.3) is 0 Å². The molecule has 0 N–H and O–H groups in total. The van der Waals surface area contributed by atoms with Crippen molar-refractivity contribution in [3.8, 4) is 11.5 Å². The zero-order valence-corrected chi connectivity index (χ0v) is 16.2. The van der Waals surface area contributed by atoms with E-state index in [1.54, 1.807) is 19.1 Å². The first kappa shape index (κ1) is 21.3. The Morgan fingerprint density at radius 1 is 1.26 bits per heavy atom. The van der Waals surface area contributed by atoms with Gasteiger partial charge in [0.15, 0.2) is 11.5 Å². The van der Waals surface area contributed by atoms with Crippen LogP contribution in [0.4, 0.5) is 13.2 Å². The molecule has 27 heavy (non-hydrogen) atoms. The van der Waals surface area contributed by atoms with Crippen LogP contribution in [-0.4, -0.2) is 67.8 Å². The van der Waals surface area contributed by atoms with Crippen LogP contribution in [0, 0.1) is 0 Å². The van der Waals surface area contributed by atoms with Gasteiger partial charge in [-0.3, -0.25) is 9.69 Å². The van der Waals surface area contributed by atoms with Crippen molar-refractivity contribution in [2.45, 2.75) is 44.9 Å². The topological polar surface area (TPSA) is 42.0 Å². The van der Waals surface area contributed by atoms with Crippen molar-refractivity contribution in [2.24, 2.45) is 0 Å². The lowest BCUT2D eigenvalue weighted by Gasteiger charge is -2.44. The highest BCUT2D eigenvalue weighted by atomic mass is 19.4. The Kier molecular flexibility index (Phi) is 6.97. The molecule has 2 unspecified atom stereocenters. The summed E-state index contributed by atoms with van der Waals surface area (Å²) in [6.07, 6.45) is -3.78. The van der Waals surface area contributed by atoms with Crippen LogP contribution in [0.25, 0.3) is 0 Å². The molecule has 1 heterocycles. The van der Waals surface area contributed by atoms with Crippen LogP contribution in [0.15, 0.2) is 18.2 Å². The summed E-state index contributed by atoms with van der Waals surface area (Å²) in [7, 11) is 2.99. The van der Waals surface area contributed by atoms with Gasteiger partial charge in [-0.2, -0.15) is 13.2 Å². The molecular weight excluding hydrogens is 361 g/mol. The molecule has 0 radical (unpaired) electrons. The molecule has 1 aliphatic rings. The van der Waals surface area contributed by atoms with Crippen LogP contribution in [0.2, 0.25) is 0 Å². The van der Waals surface area contributed by atoms with Gasteiger partial charge in [0.2, 0.25) is 5.91 Å². The van der Waals surface area contributed by atoms with Crippen molar-refractivity contribution in [1.29, 1.82) is 0 Å². The van der Waals surface area contributed by atoms with Gasteiger partial charge in [-0.25, -0.2) is 0 Å². The highest BCUT2D eigenvalue weighted by Crippen LogP contribution is 2.30. The van der Waals surface area contributed by atoms with Crippen molar-refractivity contribution in [3.05, 3.63) is 23.8 Å². The number of benzene rings is 1. The average Bonchev–Trinajstić information content (AvgIpc) is 2.61. The summed E-state index contributed by atoms with van der Waals surface area (Å²) >= 11 is 0. The first-order chi connectivity index (χ1) is 12.7. The minimum Gasteiger partial charge on any atom is -0.493 e. The second-order valence-corrected chi connectivity index (χ2v) is 6.79. The summed E-state index contributed by atoms with van der Waals surface area (Å²) in [6.45, 7) is 4.06. The lowest BCUT2D eigenvalue weighted by atomic mass is 10.0. The minimum atomic E-state index is -4.36. The number of ether oxygens (including phenoxy) is 2.